The van der Waals surface area contributed by atoms with Gasteiger partial charge in [-0.05, 0) is 37.1 Å². The zero-order chi connectivity index (χ0) is 7.56. The Labute approximate surface area is 60.6 Å². The molecule has 54 valence electrons. The van der Waals surface area contributed by atoms with E-state index in [0.717, 1.165) is 0 Å². The standard InChI is InChI=1S/C8H11NO/c1-6-3-4-8(10-9)5-7(6)2/h3-5H,9H2,1-2H3. The molecule has 0 unspecified atom stereocenters. The maximum absolute atomic E-state index is 4.97. The zero-order valence-corrected chi connectivity index (χ0v) is 6.22. The minimum absolute atomic E-state index is 0.711. The topological polar surface area (TPSA) is 35.2 Å². The Kier molecular flexibility index (Phi) is 1.92. The fourth-order valence-electron chi connectivity index (χ4n) is 0.787. The van der Waals surface area contributed by atoms with E-state index in [9.17, 15) is 0 Å². The van der Waals surface area contributed by atoms with E-state index in [1.807, 2.05) is 25.1 Å². The predicted molar refractivity (Wildman–Crippen MR) is 40.7 cm³/mol. The number of nitrogens with two attached hydrogens (primary N) is 1. The molecule has 0 bridgehead atoms. The highest BCUT2D eigenvalue weighted by molar-refractivity contribution is 5.33. The van der Waals surface area contributed by atoms with Crippen LogP contribution in [0.25, 0.3) is 0 Å². The minimum atomic E-state index is 0.711. The van der Waals surface area contributed by atoms with Crippen molar-refractivity contribution in [3.05, 3.63) is 29.3 Å². The van der Waals surface area contributed by atoms with Crippen LogP contribution in [0, 0.1) is 13.8 Å². The number of hydrogen-bond acceptors (Lipinski definition) is 2. The first-order valence-electron chi connectivity index (χ1n) is 3.18. The second kappa shape index (κ2) is 2.71. The van der Waals surface area contributed by atoms with Gasteiger partial charge in [-0.25, -0.2) is 0 Å². The smallest absolute Gasteiger partial charge is 0.147 e. The molecule has 2 nitrogen and oxygen atoms in total. The average Bonchev–Trinajstić information content (AvgIpc) is 1.95. The van der Waals surface area contributed by atoms with Gasteiger partial charge in [-0.2, -0.15) is 5.90 Å². The molecule has 0 aliphatic heterocycles. The number of aryl methyl sites for hydroxylation is 2. The van der Waals surface area contributed by atoms with Crippen molar-refractivity contribution in [1.29, 1.82) is 0 Å². The van der Waals surface area contributed by atoms with Gasteiger partial charge >= 0.3 is 0 Å². The summed E-state index contributed by atoms with van der Waals surface area (Å²) in [5.41, 5.74) is 2.45. The molecule has 2 heteroatoms. The van der Waals surface area contributed by atoms with Crippen LogP contribution in [0.15, 0.2) is 18.2 Å². The maximum atomic E-state index is 4.97. The first-order chi connectivity index (χ1) is 4.74. The molecule has 0 spiro atoms. The van der Waals surface area contributed by atoms with Gasteiger partial charge in [-0.15, -0.1) is 0 Å². The average molecular weight is 137 g/mol. The van der Waals surface area contributed by atoms with Gasteiger partial charge in [0, 0.05) is 0 Å². The van der Waals surface area contributed by atoms with Gasteiger partial charge < -0.3 is 4.84 Å². The summed E-state index contributed by atoms with van der Waals surface area (Å²) in [6.07, 6.45) is 0. The molecular weight excluding hydrogens is 126 g/mol. The zero-order valence-electron chi connectivity index (χ0n) is 6.22. The van der Waals surface area contributed by atoms with E-state index in [4.69, 9.17) is 5.90 Å². The van der Waals surface area contributed by atoms with Gasteiger partial charge in [0.05, 0.1) is 0 Å². The van der Waals surface area contributed by atoms with Crippen LogP contribution in [-0.4, -0.2) is 0 Å². The predicted octanol–water partition coefficient (Wildman–Crippen LogP) is 1.56. The van der Waals surface area contributed by atoms with Crippen LogP contribution in [-0.2, 0) is 0 Å². The van der Waals surface area contributed by atoms with Crippen LogP contribution in [0.2, 0.25) is 0 Å². The fraction of sp³-hybridized carbons (Fsp3) is 0.250. The summed E-state index contributed by atoms with van der Waals surface area (Å²) in [4.78, 5) is 4.55. The maximum Gasteiger partial charge on any atom is 0.147 e. The van der Waals surface area contributed by atoms with E-state index in [2.05, 4.69) is 11.8 Å². The van der Waals surface area contributed by atoms with Gasteiger partial charge in [-0.1, -0.05) is 6.07 Å². The largest absolute Gasteiger partial charge is 0.412 e. The summed E-state index contributed by atoms with van der Waals surface area (Å²) >= 11 is 0. The van der Waals surface area contributed by atoms with Gasteiger partial charge in [0.15, 0.2) is 0 Å². The number of benzene rings is 1. The number of hydrogen-bond donors (Lipinski definition) is 1. The lowest BCUT2D eigenvalue weighted by Crippen LogP contribution is -2.01. The lowest BCUT2D eigenvalue weighted by atomic mass is 10.1. The van der Waals surface area contributed by atoms with Crippen LogP contribution in [0.4, 0.5) is 0 Å². The molecule has 1 aromatic rings. The molecule has 2 N–H and O–H groups in total. The van der Waals surface area contributed by atoms with Crippen molar-refractivity contribution in [2.75, 3.05) is 0 Å². The van der Waals surface area contributed by atoms with Crippen molar-refractivity contribution in [3.8, 4) is 5.75 Å². The van der Waals surface area contributed by atoms with Crippen LogP contribution in [0.1, 0.15) is 11.1 Å². The Morgan fingerprint density at radius 1 is 1.20 bits per heavy atom. The van der Waals surface area contributed by atoms with Gasteiger partial charge in [-0.3, -0.25) is 0 Å². The molecule has 0 aliphatic carbocycles. The highest BCUT2D eigenvalue weighted by Crippen LogP contribution is 2.14. The third kappa shape index (κ3) is 1.28. The van der Waals surface area contributed by atoms with E-state index in [-0.39, 0.29) is 0 Å². The Morgan fingerprint density at radius 3 is 2.40 bits per heavy atom. The first kappa shape index (κ1) is 7.09. The molecule has 0 aromatic heterocycles. The SMILES string of the molecule is Cc1ccc(ON)cc1C. The normalized spacial score (nSPS) is 9.50. The number of rotatable bonds is 1. The summed E-state index contributed by atoms with van der Waals surface area (Å²) < 4.78 is 0. The lowest BCUT2D eigenvalue weighted by Gasteiger charge is -2.01. The van der Waals surface area contributed by atoms with Gasteiger partial charge in [0.2, 0.25) is 0 Å². The van der Waals surface area contributed by atoms with Crippen molar-refractivity contribution in [3.63, 3.8) is 0 Å². The Bertz CT molecular complexity index is 233. The molecule has 0 fully saturated rings. The molecule has 0 radical (unpaired) electrons. The molecule has 0 atom stereocenters. The summed E-state index contributed by atoms with van der Waals surface area (Å²) in [5, 5.41) is 0. The monoisotopic (exact) mass is 137 g/mol. The first-order valence-corrected chi connectivity index (χ1v) is 3.18. The molecule has 1 rings (SSSR count). The summed E-state index contributed by atoms with van der Waals surface area (Å²) in [7, 11) is 0. The van der Waals surface area contributed by atoms with E-state index in [1.165, 1.54) is 11.1 Å². The molecule has 0 amide bonds. The molecular formula is C8H11NO. The molecule has 0 aliphatic rings. The van der Waals surface area contributed by atoms with Gasteiger partial charge in [0.1, 0.15) is 5.75 Å². The van der Waals surface area contributed by atoms with E-state index in [0.29, 0.717) is 5.75 Å². The van der Waals surface area contributed by atoms with E-state index >= 15 is 0 Å². The van der Waals surface area contributed by atoms with Crippen molar-refractivity contribution in [1.82, 2.24) is 0 Å². The second-order valence-electron chi connectivity index (χ2n) is 2.36. The van der Waals surface area contributed by atoms with Crippen LogP contribution < -0.4 is 10.7 Å². The van der Waals surface area contributed by atoms with Crippen LogP contribution >= 0.6 is 0 Å². The molecule has 0 saturated heterocycles. The fourth-order valence-corrected chi connectivity index (χ4v) is 0.787. The van der Waals surface area contributed by atoms with Crippen molar-refractivity contribution in [2.45, 2.75) is 13.8 Å². The summed E-state index contributed by atoms with van der Waals surface area (Å²) in [5.74, 6) is 5.68. The quantitative estimate of drug-likeness (QED) is 0.596. The molecule has 0 heterocycles. The Morgan fingerprint density at radius 2 is 1.90 bits per heavy atom. The summed E-state index contributed by atoms with van der Waals surface area (Å²) in [6.45, 7) is 4.08. The summed E-state index contributed by atoms with van der Waals surface area (Å²) in [6, 6.07) is 5.75. The third-order valence-corrected chi connectivity index (χ3v) is 1.61. The van der Waals surface area contributed by atoms with Crippen molar-refractivity contribution < 1.29 is 4.84 Å². The highest BCUT2D eigenvalue weighted by Gasteiger charge is 1.93. The van der Waals surface area contributed by atoms with E-state index < -0.39 is 0 Å². The van der Waals surface area contributed by atoms with Crippen molar-refractivity contribution in [2.24, 2.45) is 5.90 Å². The van der Waals surface area contributed by atoms with Crippen LogP contribution in [0.5, 0.6) is 5.75 Å². The Hall–Kier alpha value is -1.02. The minimum Gasteiger partial charge on any atom is -0.412 e. The van der Waals surface area contributed by atoms with E-state index in [1.54, 1.807) is 0 Å². The second-order valence-corrected chi connectivity index (χ2v) is 2.36. The third-order valence-electron chi connectivity index (χ3n) is 1.61. The highest BCUT2D eigenvalue weighted by atomic mass is 16.6. The van der Waals surface area contributed by atoms with Crippen LogP contribution in [0.3, 0.4) is 0 Å². The van der Waals surface area contributed by atoms with Gasteiger partial charge in [0.25, 0.3) is 0 Å². The molecule has 0 saturated carbocycles. The van der Waals surface area contributed by atoms with Crippen molar-refractivity contribution >= 4 is 0 Å². The molecule has 10 heavy (non-hydrogen) atoms. The lowest BCUT2D eigenvalue weighted by molar-refractivity contribution is 0.334. The molecule has 1 aromatic carbocycles. The Balaban J connectivity index is 3.04.